The van der Waals surface area contributed by atoms with Crippen LogP contribution in [0.2, 0.25) is 0 Å². The first-order valence-electron chi connectivity index (χ1n) is 16.7. The molecule has 13 heteroatoms. The van der Waals surface area contributed by atoms with Gasteiger partial charge in [0, 0.05) is 48.6 Å². The minimum absolute atomic E-state index is 0.0830. The van der Waals surface area contributed by atoms with Crippen molar-refractivity contribution in [3.63, 3.8) is 0 Å². The largest absolute Gasteiger partial charge is 0.488 e. The number of nitrogen functional groups attached to an aromatic ring is 1. The Morgan fingerprint density at radius 1 is 0.941 bits per heavy atom. The van der Waals surface area contributed by atoms with Crippen LogP contribution in [0.15, 0.2) is 84.9 Å². The molecule has 0 spiro atoms. The topological polar surface area (TPSA) is 168 Å². The summed E-state index contributed by atoms with van der Waals surface area (Å²) >= 11 is 0. The van der Waals surface area contributed by atoms with Crippen molar-refractivity contribution in [2.75, 3.05) is 55.2 Å². The number of para-hydroxylation sites is 2. The third-order valence-corrected chi connectivity index (χ3v) is 8.92. The van der Waals surface area contributed by atoms with E-state index < -0.39 is 12.1 Å². The molecule has 2 aliphatic rings. The van der Waals surface area contributed by atoms with Gasteiger partial charge in [-0.3, -0.25) is 14.5 Å². The summed E-state index contributed by atoms with van der Waals surface area (Å²) in [4.78, 5) is 43.3. The van der Waals surface area contributed by atoms with E-state index in [4.69, 9.17) is 19.9 Å². The maximum Gasteiger partial charge on any atom is 0.323 e. The number of urea groups is 1. The zero-order valence-corrected chi connectivity index (χ0v) is 28.7. The number of nitrogens with one attached hydrogen (secondary N) is 3. The highest BCUT2D eigenvalue weighted by Gasteiger charge is 2.33. The number of likely N-dealkylation sites (N-methyl/N-ethyl adjacent to an activating group) is 1. The maximum atomic E-state index is 13.9. The number of ether oxygens (including phenoxy) is 3. The van der Waals surface area contributed by atoms with E-state index in [9.17, 15) is 19.5 Å². The molecule has 266 valence electrons. The van der Waals surface area contributed by atoms with Crippen LogP contribution in [-0.4, -0.2) is 78.4 Å². The van der Waals surface area contributed by atoms with Crippen LogP contribution < -0.4 is 35.9 Å². The van der Waals surface area contributed by atoms with Crippen LogP contribution in [0.3, 0.4) is 0 Å². The van der Waals surface area contributed by atoms with Crippen LogP contribution in [0.5, 0.6) is 17.2 Å². The number of benzene rings is 4. The lowest BCUT2D eigenvalue weighted by atomic mass is 9.99. The molecular formula is C38H42N6O7. The number of nitrogens with zero attached hydrogens (tertiary/aromatic N) is 2. The second-order valence-corrected chi connectivity index (χ2v) is 12.9. The number of aliphatic hydroxyl groups excluding tert-OH is 1. The lowest BCUT2D eigenvalue weighted by Gasteiger charge is -2.38. The highest BCUT2D eigenvalue weighted by atomic mass is 16.7. The summed E-state index contributed by atoms with van der Waals surface area (Å²) in [6.45, 7) is 5.22. The summed E-state index contributed by atoms with van der Waals surface area (Å²) in [5.41, 5.74) is 9.74. The van der Waals surface area contributed by atoms with Crippen LogP contribution in [0.25, 0.3) is 0 Å². The molecule has 2 heterocycles. The molecule has 0 saturated heterocycles. The van der Waals surface area contributed by atoms with Crippen LogP contribution >= 0.6 is 0 Å². The fourth-order valence-corrected chi connectivity index (χ4v) is 6.04. The van der Waals surface area contributed by atoms with Crippen molar-refractivity contribution in [3.8, 4) is 17.2 Å². The molecule has 0 aromatic heterocycles. The number of carbonyl (C=O) groups excluding carboxylic acids is 3. The zero-order valence-electron chi connectivity index (χ0n) is 28.7. The molecular weight excluding hydrogens is 652 g/mol. The molecule has 3 atom stereocenters. The van der Waals surface area contributed by atoms with Crippen molar-refractivity contribution in [2.45, 2.75) is 32.5 Å². The summed E-state index contributed by atoms with van der Waals surface area (Å²) in [5.74, 6) is 0.896. The van der Waals surface area contributed by atoms with Crippen LogP contribution in [0.1, 0.15) is 40.1 Å². The average Bonchev–Trinajstić information content (AvgIpc) is 3.59. The molecule has 0 radical (unpaired) electrons. The lowest BCUT2D eigenvalue weighted by molar-refractivity contribution is 0.0341. The normalized spacial score (nSPS) is 17.1. The Balaban J connectivity index is 1.13. The molecule has 0 unspecified atom stereocenters. The molecule has 4 amide bonds. The number of nitrogens with two attached hydrogens (primary N) is 1. The molecule has 0 aliphatic carbocycles. The molecule has 6 N–H and O–H groups in total. The first kappa shape index (κ1) is 35.1. The van der Waals surface area contributed by atoms with Gasteiger partial charge in [-0.05, 0) is 74.1 Å². The van der Waals surface area contributed by atoms with Crippen LogP contribution in [-0.2, 0) is 6.54 Å². The van der Waals surface area contributed by atoms with E-state index in [0.29, 0.717) is 65.2 Å². The number of hydrogen-bond acceptors (Lipinski definition) is 9. The molecule has 0 fully saturated rings. The van der Waals surface area contributed by atoms with Crippen molar-refractivity contribution < 1.29 is 33.7 Å². The fraction of sp³-hybridized carbons (Fsp3) is 0.289. The van der Waals surface area contributed by atoms with Gasteiger partial charge in [-0.2, -0.15) is 0 Å². The van der Waals surface area contributed by atoms with Gasteiger partial charge in [0.25, 0.3) is 11.8 Å². The maximum absolute atomic E-state index is 13.9. The Kier molecular flexibility index (Phi) is 10.6. The van der Waals surface area contributed by atoms with Crippen molar-refractivity contribution in [1.29, 1.82) is 0 Å². The van der Waals surface area contributed by atoms with Crippen molar-refractivity contribution >= 4 is 40.6 Å². The van der Waals surface area contributed by atoms with Crippen LogP contribution in [0, 0.1) is 5.92 Å². The number of carbonyl (C=O) groups is 3. The van der Waals surface area contributed by atoms with Crippen molar-refractivity contribution in [2.24, 2.45) is 5.92 Å². The molecule has 4 aromatic carbocycles. The zero-order chi connectivity index (χ0) is 36.1. The minimum atomic E-state index is -0.503. The van der Waals surface area contributed by atoms with Gasteiger partial charge >= 0.3 is 6.03 Å². The SMILES string of the molecule is C[C@H]1CN([C@@H](C)CO)C(=O)c2cc(NC(=O)Nc3ccc4c(c3)OCO4)ccc2O[C@H]1CN(C)Cc1ccc(C(=O)Nc2ccccc2N)cc1. The first-order valence-corrected chi connectivity index (χ1v) is 16.7. The monoisotopic (exact) mass is 694 g/mol. The lowest BCUT2D eigenvalue weighted by Crippen LogP contribution is -2.49. The van der Waals surface area contributed by atoms with Gasteiger partial charge in [0.15, 0.2) is 11.5 Å². The third-order valence-electron chi connectivity index (χ3n) is 8.92. The summed E-state index contributed by atoms with van der Waals surface area (Å²) in [6, 6.07) is 23.6. The summed E-state index contributed by atoms with van der Waals surface area (Å²) in [6.07, 6.45) is -0.315. The van der Waals surface area contributed by atoms with E-state index in [-0.39, 0.29) is 42.8 Å². The van der Waals surface area contributed by atoms with E-state index in [0.717, 1.165) is 5.56 Å². The van der Waals surface area contributed by atoms with E-state index >= 15 is 0 Å². The fourth-order valence-electron chi connectivity index (χ4n) is 6.04. The highest BCUT2D eigenvalue weighted by Crippen LogP contribution is 2.35. The Hall–Kier alpha value is -5.79. The van der Waals surface area contributed by atoms with Gasteiger partial charge in [-0.15, -0.1) is 0 Å². The second kappa shape index (κ2) is 15.4. The van der Waals surface area contributed by atoms with Crippen molar-refractivity contribution in [3.05, 3.63) is 102 Å². The van der Waals surface area contributed by atoms with Gasteiger partial charge in [0.1, 0.15) is 11.9 Å². The standard InChI is InChI=1S/C38H42N6O7/c1-23-18-44(24(2)21-45)37(47)29-16-27(40-38(48)41-28-13-15-33-34(17-28)50-22-49-33)12-14-32(29)51-35(23)20-43(3)19-25-8-10-26(11-9-25)36(46)42-31-7-5-4-6-30(31)39/h4-17,23-24,35,45H,18-22,39H2,1-3H3,(H,42,46)(H2,40,41,48)/t23-,24-,35-/m0/s1. The summed E-state index contributed by atoms with van der Waals surface area (Å²) in [5, 5.41) is 18.4. The number of aliphatic hydroxyl groups is 1. The Labute approximate surface area is 296 Å². The number of amides is 4. The predicted molar refractivity (Wildman–Crippen MR) is 194 cm³/mol. The number of rotatable bonds is 10. The molecule has 51 heavy (non-hydrogen) atoms. The van der Waals surface area contributed by atoms with E-state index in [1.165, 1.54) is 0 Å². The Morgan fingerprint density at radius 3 is 2.35 bits per heavy atom. The van der Waals surface area contributed by atoms with Gasteiger partial charge in [0.05, 0.1) is 29.6 Å². The predicted octanol–water partition coefficient (Wildman–Crippen LogP) is 5.25. The summed E-state index contributed by atoms with van der Waals surface area (Å²) < 4.78 is 17.3. The molecule has 2 aliphatic heterocycles. The third kappa shape index (κ3) is 8.34. The van der Waals surface area contributed by atoms with E-state index in [1.54, 1.807) is 72.5 Å². The first-order chi connectivity index (χ1) is 24.6. The molecule has 13 nitrogen and oxygen atoms in total. The van der Waals surface area contributed by atoms with Crippen LogP contribution in [0.4, 0.5) is 27.5 Å². The number of hydrogen-bond donors (Lipinski definition) is 5. The molecule has 0 bridgehead atoms. The molecule has 6 rings (SSSR count). The average molecular weight is 695 g/mol. The van der Waals surface area contributed by atoms with Gasteiger partial charge < -0.3 is 45.9 Å². The number of anilines is 4. The van der Waals surface area contributed by atoms with E-state index in [1.807, 2.05) is 38.2 Å². The van der Waals surface area contributed by atoms with Crippen molar-refractivity contribution in [1.82, 2.24) is 9.80 Å². The minimum Gasteiger partial charge on any atom is -0.488 e. The second-order valence-electron chi connectivity index (χ2n) is 12.9. The number of fused-ring (bicyclic) bond motifs is 2. The quantitative estimate of drug-likeness (QED) is 0.139. The Bertz CT molecular complexity index is 1900. The summed E-state index contributed by atoms with van der Waals surface area (Å²) in [7, 11) is 1.99. The molecule has 4 aromatic rings. The molecule has 0 saturated carbocycles. The van der Waals surface area contributed by atoms with E-state index in [2.05, 4.69) is 20.9 Å². The highest BCUT2D eigenvalue weighted by molar-refractivity contribution is 6.06. The smallest absolute Gasteiger partial charge is 0.323 e. The Morgan fingerprint density at radius 2 is 1.63 bits per heavy atom. The van der Waals surface area contributed by atoms with Gasteiger partial charge in [-0.25, -0.2) is 4.79 Å². The van der Waals surface area contributed by atoms with Gasteiger partial charge in [-0.1, -0.05) is 31.2 Å². The van der Waals surface area contributed by atoms with Gasteiger partial charge in [0.2, 0.25) is 6.79 Å².